The Kier molecular flexibility index (Phi) is 1.23. The molecule has 0 aliphatic carbocycles. The van der Waals surface area contributed by atoms with Crippen molar-refractivity contribution in [2.75, 3.05) is 0 Å². The van der Waals surface area contributed by atoms with Crippen LogP contribution in [0.3, 0.4) is 0 Å². The summed E-state index contributed by atoms with van der Waals surface area (Å²) in [5, 5.41) is 9.74. The van der Waals surface area contributed by atoms with Crippen LogP contribution in [-0.2, 0) is 9.47 Å². The summed E-state index contributed by atoms with van der Waals surface area (Å²) >= 11 is 0. The van der Waals surface area contributed by atoms with Crippen molar-refractivity contribution in [3.05, 3.63) is 0 Å². The van der Waals surface area contributed by atoms with E-state index in [1.54, 1.807) is 0 Å². The Morgan fingerprint density at radius 2 is 1.42 bits per heavy atom. The minimum atomic E-state index is -0.383. The molecule has 3 nitrogen and oxygen atoms in total. The first kappa shape index (κ1) is 7.30. The molecule has 68 valence electrons. The van der Waals surface area contributed by atoms with Crippen molar-refractivity contribution in [3.63, 3.8) is 0 Å². The highest BCUT2D eigenvalue weighted by atomic mass is 16.6. The first-order valence-electron chi connectivity index (χ1n) is 4.69. The number of hydrogen-bond donors (Lipinski definition) is 1. The molecule has 4 unspecified atom stereocenters. The van der Waals surface area contributed by atoms with E-state index in [2.05, 4.69) is 13.8 Å². The fourth-order valence-electron chi connectivity index (χ4n) is 3.02. The molecule has 0 saturated carbocycles. The molecule has 0 spiro atoms. The molecule has 0 radical (unpaired) electrons. The maximum atomic E-state index is 9.74. The second-order valence-corrected chi connectivity index (χ2v) is 4.34. The van der Waals surface area contributed by atoms with E-state index in [-0.39, 0.29) is 24.4 Å². The average molecular weight is 170 g/mol. The quantitative estimate of drug-likeness (QED) is 0.563. The van der Waals surface area contributed by atoms with Gasteiger partial charge < -0.3 is 14.6 Å². The van der Waals surface area contributed by atoms with Gasteiger partial charge in [-0.3, -0.25) is 0 Å². The summed E-state index contributed by atoms with van der Waals surface area (Å²) in [5.74, 6) is 0.809. The van der Waals surface area contributed by atoms with Crippen LogP contribution in [0.5, 0.6) is 0 Å². The Morgan fingerprint density at radius 3 is 2.08 bits per heavy atom. The third-order valence-electron chi connectivity index (χ3n) is 3.70. The second-order valence-electron chi connectivity index (χ2n) is 4.34. The summed E-state index contributed by atoms with van der Waals surface area (Å²) in [4.78, 5) is 0. The van der Waals surface area contributed by atoms with Crippen molar-refractivity contribution < 1.29 is 14.6 Å². The van der Waals surface area contributed by atoms with Gasteiger partial charge in [0.1, 0.15) is 12.2 Å². The van der Waals surface area contributed by atoms with Crippen molar-refractivity contribution in [1.82, 2.24) is 0 Å². The van der Waals surface area contributed by atoms with E-state index < -0.39 is 0 Å². The zero-order valence-corrected chi connectivity index (χ0v) is 7.31. The average Bonchev–Trinajstić information content (AvgIpc) is 2.43. The Morgan fingerprint density at radius 1 is 0.833 bits per heavy atom. The summed E-state index contributed by atoms with van der Waals surface area (Å²) < 4.78 is 11.4. The summed E-state index contributed by atoms with van der Waals surface area (Å²) in [5.41, 5.74) is 0. The van der Waals surface area contributed by atoms with Crippen LogP contribution >= 0.6 is 0 Å². The summed E-state index contributed by atoms with van der Waals surface area (Å²) in [7, 11) is 0. The highest BCUT2D eigenvalue weighted by Crippen LogP contribution is 2.49. The molecular formula is C9H14O3. The summed E-state index contributed by atoms with van der Waals surface area (Å²) in [6, 6.07) is 0. The number of aliphatic hydroxyl groups is 1. The van der Waals surface area contributed by atoms with Crippen LogP contribution in [0.15, 0.2) is 0 Å². The molecule has 4 aliphatic heterocycles. The monoisotopic (exact) mass is 170 g/mol. The van der Waals surface area contributed by atoms with E-state index in [0.29, 0.717) is 17.9 Å². The molecule has 3 heteroatoms. The largest absolute Gasteiger partial charge is 0.388 e. The Labute approximate surface area is 71.7 Å². The van der Waals surface area contributed by atoms with Crippen LogP contribution < -0.4 is 0 Å². The lowest BCUT2D eigenvalue weighted by Gasteiger charge is -2.37. The van der Waals surface area contributed by atoms with Gasteiger partial charge >= 0.3 is 0 Å². The number of ether oxygens (including phenoxy) is 2. The maximum Gasteiger partial charge on any atom is 0.113 e. The zero-order chi connectivity index (χ0) is 8.46. The Balaban J connectivity index is 2.01. The van der Waals surface area contributed by atoms with E-state index in [1.807, 2.05) is 0 Å². The fraction of sp³-hybridized carbons (Fsp3) is 1.00. The van der Waals surface area contributed by atoms with E-state index in [0.717, 1.165) is 0 Å². The first-order chi connectivity index (χ1) is 5.70. The molecule has 0 aromatic rings. The van der Waals surface area contributed by atoms with Crippen molar-refractivity contribution in [3.8, 4) is 0 Å². The molecule has 0 aromatic carbocycles. The van der Waals surface area contributed by atoms with Gasteiger partial charge in [-0.2, -0.15) is 0 Å². The third kappa shape index (κ3) is 0.605. The standard InChI is InChI=1S/C9H14O3/c1-3-6-4(2)8-9(11-6)5(10)7(3)12-8/h3-10H,1-2H3/t3?,4?,5-,6?,7-,8+,9?/m1/s1. The van der Waals surface area contributed by atoms with Crippen LogP contribution in [0.2, 0.25) is 0 Å². The number of hydrogen-bond acceptors (Lipinski definition) is 3. The SMILES string of the molecule is CC1C2OC3[C@H]1O[C@H](C2C)[C@H]3O. The molecule has 7 atom stereocenters. The van der Waals surface area contributed by atoms with Crippen LogP contribution in [0.1, 0.15) is 13.8 Å². The molecule has 4 heterocycles. The molecule has 4 aliphatic rings. The molecule has 0 amide bonds. The van der Waals surface area contributed by atoms with Gasteiger partial charge in [0.05, 0.1) is 18.3 Å². The normalized spacial score (nSPS) is 67.8. The molecular weight excluding hydrogens is 156 g/mol. The summed E-state index contributed by atoms with van der Waals surface area (Å²) in [6.07, 6.45) is 0.0979. The number of aliphatic hydroxyl groups excluding tert-OH is 1. The smallest absolute Gasteiger partial charge is 0.113 e. The van der Waals surface area contributed by atoms with Crippen LogP contribution in [0.4, 0.5) is 0 Å². The summed E-state index contributed by atoms with van der Waals surface area (Å²) in [6.45, 7) is 4.26. The van der Waals surface area contributed by atoms with E-state index in [4.69, 9.17) is 9.47 Å². The predicted molar refractivity (Wildman–Crippen MR) is 41.7 cm³/mol. The van der Waals surface area contributed by atoms with Crippen molar-refractivity contribution in [2.45, 2.75) is 44.4 Å². The van der Waals surface area contributed by atoms with E-state index >= 15 is 0 Å². The zero-order valence-electron chi connectivity index (χ0n) is 7.31. The van der Waals surface area contributed by atoms with Crippen molar-refractivity contribution in [1.29, 1.82) is 0 Å². The van der Waals surface area contributed by atoms with Gasteiger partial charge in [0, 0.05) is 11.8 Å². The van der Waals surface area contributed by atoms with E-state index in [9.17, 15) is 5.11 Å². The van der Waals surface area contributed by atoms with Crippen molar-refractivity contribution in [2.24, 2.45) is 11.8 Å². The lowest BCUT2D eigenvalue weighted by atomic mass is 9.87. The van der Waals surface area contributed by atoms with E-state index in [1.165, 1.54) is 0 Å². The van der Waals surface area contributed by atoms with Crippen LogP contribution in [-0.4, -0.2) is 35.6 Å². The topological polar surface area (TPSA) is 38.7 Å². The van der Waals surface area contributed by atoms with Crippen LogP contribution in [0, 0.1) is 11.8 Å². The fourth-order valence-corrected chi connectivity index (χ4v) is 3.02. The van der Waals surface area contributed by atoms with Gasteiger partial charge in [-0.15, -0.1) is 0 Å². The minimum absolute atomic E-state index is 0.0359. The molecule has 12 heavy (non-hydrogen) atoms. The van der Waals surface area contributed by atoms with Gasteiger partial charge in [-0.05, 0) is 0 Å². The van der Waals surface area contributed by atoms with Gasteiger partial charge in [0.15, 0.2) is 0 Å². The molecule has 4 fully saturated rings. The molecule has 4 saturated heterocycles. The van der Waals surface area contributed by atoms with Crippen molar-refractivity contribution >= 4 is 0 Å². The Hall–Kier alpha value is -0.120. The molecule has 1 N–H and O–H groups in total. The lowest BCUT2D eigenvalue weighted by Crippen LogP contribution is -2.47. The highest BCUT2D eigenvalue weighted by molar-refractivity contribution is 5.09. The van der Waals surface area contributed by atoms with Crippen LogP contribution in [0.25, 0.3) is 0 Å². The first-order valence-corrected chi connectivity index (χ1v) is 4.69. The maximum absolute atomic E-state index is 9.74. The van der Waals surface area contributed by atoms with Gasteiger partial charge in [-0.25, -0.2) is 0 Å². The molecule has 4 bridgehead atoms. The highest BCUT2D eigenvalue weighted by Gasteiger charge is 2.63. The minimum Gasteiger partial charge on any atom is -0.388 e. The number of rotatable bonds is 0. The third-order valence-corrected chi connectivity index (χ3v) is 3.70. The predicted octanol–water partition coefficient (Wildman–Crippen LogP) is 0.168. The second kappa shape index (κ2) is 2.03. The Bertz CT molecular complexity index is 188. The van der Waals surface area contributed by atoms with Gasteiger partial charge in [-0.1, -0.05) is 13.8 Å². The van der Waals surface area contributed by atoms with Gasteiger partial charge in [0.2, 0.25) is 0 Å². The molecule has 0 aromatic heterocycles. The molecule has 4 rings (SSSR count). The van der Waals surface area contributed by atoms with Gasteiger partial charge in [0.25, 0.3) is 0 Å². The lowest BCUT2D eigenvalue weighted by molar-refractivity contribution is -0.149.